The topological polar surface area (TPSA) is 99.9 Å². The molecule has 0 fully saturated rings. The van der Waals surface area contributed by atoms with E-state index in [4.69, 9.17) is 9.40 Å². The standard InChI is InChI=1S/C23H17N5O3S/c1-15(21-25-26-22(31-21)16-11-13-18(14-12-16)28(29)30)32-23-24-19-9-5-6-10-20(19)27(23)17-7-3-2-4-8-17/h2-15H,1H3. The van der Waals surface area contributed by atoms with Crippen LogP contribution in [0.2, 0.25) is 0 Å². The summed E-state index contributed by atoms with van der Waals surface area (Å²) in [5, 5.41) is 19.8. The van der Waals surface area contributed by atoms with Crippen molar-refractivity contribution in [1.29, 1.82) is 0 Å². The molecular weight excluding hydrogens is 426 g/mol. The second kappa shape index (κ2) is 8.27. The molecule has 1 atom stereocenters. The minimum absolute atomic E-state index is 0.0113. The maximum Gasteiger partial charge on any atom is 0.269 e. The molecule has 2 aromatic heterocycles. The molecule has 5 rings (SSSR count). The Morgan fingerprint density at radius 3 is 2.44 bits per heavy atom. The summed E-state index contributed by atoms with van der Waals surface area (Å²) >= 11 is 1.53. The zero-order chi connectivity index (χ0) is 22.1. The van der Waals surface area contributed by atoms with Crippen LogP contribution in [0.25, 0.3) is 28.2 Å². The molecule has 2 heterocycles. The van der Waals surface area contributed by atoms with Crippen molar-refractivity contribution in [1.82, 2.24) is 19.7 Å². The first kappa shape index (κ1) is 20.0. The molecule has 0 N–H and O–H groups in total. The number of nitro groups is 1. The van der Waals surface area contributed by atoms with Crippen molar-refractivity contribution in [2.24, 2.45) is 0 Å². The van der Waals surface area contributed by atoms with Crippen molar-refractivity contribution in [3.63, 3.8) is 0 Å². The summed E-state index contributed by atoms with van der Waals surface area (Å²) < 4.78 is 7.99. The Bertz CT molecular complexity index is 1400. The number of fused-ring (bicyclic) bond motifs is 1. The van der Waals surface area contributed by atoms with Crippen LogP contribution in [0, 0.1) is 10.1 Å². The van der Waals surface area contributed by atoms with Gasteiger partial charge in [0.15, 0.2) is 5.16 Å². The van der Waals surface area contributed by atoms with E-state index < -0.39 is 4.92 Å². The van der Waals surface area contributed by atoms with E-state index >= 15 is 0 Å². The molecule has 3 aromatic carbocycles. The van der Waals surface area contributed by atoms with Gasteiger partial charge in [-0.25, -0.2) is 4.98 Å². The number of nitro benzene ring substituents is 1. The highest BCUT2D eigenvalue weighted by molar-refractivity contribution is 7.99. The number of nitrogens with zero attached hydrogens (tertiary/aromatic N) is 5. The van der Waals surface area contributed by atoms with Gasteiger partial charge in [0.2, 0.25) is 11.8 Å². The number of non-ortho nitro benzene ring substituents is 1. The summed E-state index contributed by atoms with van der Waals surface area (Å²) in [5.74, 6) is 0.772. The van der Waals surface area contributed by atoms with Crippen molar-refractivity contribution < 1.29 is 9.34 Å². The van der Waals surface area contributed by atoms with Gasteiger partial charge in [-0.1, -0.05) is 42.1 Å². The lowest BCUT2D eigenvalue weighted by Gasteiger charge is -2.11. The van der Waals surface area contributed by atoms with Crippen LogP contribution in [-0.2, 0) is 0 Å². The minimum atomic E-state index is -0.444. The molecule has 0 saturated carbocycles. The summed E-state index contributed by atoms with van der Waals surface area (Å²) in [4.78, 5) is 15.2. The van der Waals surface area contributed by atoms with Crippen molar-refractivity contribution >= 4 is 28.5 Å². The highest BCUT2D eigenvalue weighted by Crippen LogP contribution is 2.37. The molecule has 0 bridgehead atoms. The number of hydrogen-bond acceptors (Lipinski definition) is 7. The van der Waals surface area contributed by atoms with Gasteiger partial charge in [0.1, 0.15) is 0 Å². The van der Waals surface area contributed by atoms with Crippen LogP contribution >= 0.6 is 11.8 Å². The Morgan fingerprint density at radius 2 is 1.69 bits per heavy atom. The molecule has 0 spiro atoms. The number of rotatable bonds is 6. The molecule has 0 aliphatic heterocycles. The molecule has 5 aromatic rings. The maximum absolute atomic E-state index is 10.9. The van der Waals surface area contributed by atoms with Gasteiger partial charge in [0.25, 0.3) is 5.69 Å². The summed E-state index contributed by atoms with van der Waals surface area (Å²) in [6, 6.07) is 24.1. The van der Waals surface area contributed by atoms with Crippen LogP contribution in [0.3, 0.4) is 0 Å². The van der Waals surface area contributed by atoms with E-state index in [0.717, 1.165) is 21.9 Å². The summed E-state index contributed by atoms with van der Waals surface area (Å²) in [6.45, 7) is 1.98. The first-order chi connectivity index (χ1) is 15.6. The van der Waals surface area contributed by atoms with E-state index in [9.17, 15) is 10.1 Å². The minimum Gasteiger partial charge on any atom is -0.419 e. The third-order valence-electron chi connectivity index (χ3n) is 4.94. The van der Waals surface area contributed by atoms with Crippen molar-refractivity contribution in [2.75, 3.05) is 0 Å². The first-order valence-corrected chi connectivity index (χ1v) is 10.8. The first-order valence-electron chi connectivity index (χ1n) is 9.88. The van der Waals surface area contributed by atoms with Crippen molar-refractivity contribution in [3.05, 3.63) is 94.9 Å². The van der Waals surface area contributed by atoms with E-state index in [1.807, 2.05) is 61.5 Å². The SMILES string of the molecule is CC(Sc1nc2ccccc2n1-c1ccccc1)c1nnc(-c2ccc([N+](=O)[O-])cc2)o1. The second-order valence-corrected chi connectivity index (χ2v) is 8.37. The molecular formula is C23H17N5O3S. The third kappa shape index (κ3) is 3.74. The largest absolute Gasteiger partial charge is 0.419 e. The third-order valence-corrected chi connectivity index (χ3v) is 5.98. The van der Waals surface area contributed by atoms with Gasteiger partial charge >= 0.3 is 0 Å². The average molecular weight is 443 g/mol. The fourth-order valence-electron chi connectivity index (χ4n) is 3.36. The van der Waals surface area contributed by atoms with Gasteiger partial charge in [0.05, 0.1) is 21.2 Å². The fourth-order valence-corrected chi connectivity index (χ4v) is 4.33. The number of imidazole rings is 1. The van der Waals surface area contributed by atoms with Crippen LogP contribution in [0.5, 0.6) is 0 Å². The lowest BCUT2D eigenvalue weighted by Crippen LogP contribution is -1.98. The summed E-state index contributed by atoms with van der Waals surface area (Å²) in [6.07, 6.45) is 0. The van der Waals surface area contributed by atoms with Crippen LogP contribution in [0.4, 0.5) is 5.69 Å². The second-order valence-electron chi connectivity index (χ2n) is 7.06. The fraction of sp³-hybridized carbons (Fsp3) is 0.0870. The monoisotopic (exact) mass is 443 g/mol. The highest BCUT2D eigenvalue weighted by atomic mass is 32.2. The molecule has 1 unspecified atom stereocenters. The van der Waals surface area contributed by atoms with Crippen molar-refractivity contribution in [3.8, 4) is 17.1 Å². The van der Waals surface area contributed by atoms with Gasteiger partial charge in [-0.05, 0) is 43.3 Å². The van der Waals surface area contributed by atoms with E-state index in [-0.39, 0.29) is 10.9 Å². The number of thioether (sulfide) groups is 1. The Morgan fingerprint density at radius 1 is 0.969 bits per heavy atom. The van der Waals surface area contributed by atoms with Gasteiger partial charge < -0.3 is 4.42 Å². The van der Waals surface area contributed by atoms with Crippen molar-refractivity contribution in [2.45, 2.75) is 17.3 Å². The molecule has 32 heavy (non-hydrogen) atoms. The van der Waals surface area contributed by atoms with Gasteiger partial charge in [-0.15, -0.1) is 10.2 Å². The summed E-state index contributed by atoms with van der Waals surface area (Å²) in [5.41, 5.74) is 3.59. The zero-order valence-corrected chi connectivity index (χ0v) is 17.8. The predicted molar refractivity (Wildman–Crippen MR) is 122 cm³/mol. The van der Waals surface area contributed by atoms with Gasteiger partial charge in [-0.3, -0.25) is 14.7 Å². The van der Waals surface area contributed by atoms with E-state index in [0.29, 0.717) is 17.3 Å². The molecule has 9 heteroatoms. The average Bonchev–Trinajstić information content (AvgIpc) is 3.45. The summed E-state index contributed by atoms with van der Waals surface area (Å²) in [7, 11) is 0. The number of benzene rings is 3. The van der Waals surface area contributed by atoms with Gasteiger partial charge in [0, 0.05) is 23.4 Å². The lowest BCUT2D eigenvalue weighted by atomic mass is 10.2. The molecule has 0 saturated heterocycles. The normalized spacial score (nSPS) is 12.2. The molecule has 0 aliphatic rings. The van der Waals surface area contributed by atoms with Crippen LogP contribution in [0.1, 0.15) is 18.1 Å². The molecule has 8 nitrogen and oxygen atoms in total. The van der Waals surface area contributed by atoms with Crippen LogP contribution in [0.15, 0.2) is 88.4 Å². The Hall–Kier alpha value is -3.98. The van der Waals surface area contributed by atoms with E-state index in [1.165, 1.54) is 23.9 Å². The molecule has 0 amide bonds. The molecule has 0 radical (unpaired) electrons. The van der Waals surface area contributed by atoms with Crippen LogP contribution < -0.4 is 0 Å². The zero-order valence-electron chi connectivity index (χ0n) is 17.0. The smallest absolute Gasteiger partial charge is 0.269 e. The number of aromatic nitrogens is 4. The lowest BCUT2D eigenvalue weighted by molar-refractivity contribution is -0.384. The highest BCUT2D eigenvalue weighted by Gasteiger charge is 2.21. The van der Waals surface area contributed by atoms with Crippen LogP contribution in [-0.4, -0.2) is 24.7 Å². The molecule has 158 valence electrons. The Labute approximate surface area is 187 Å². The molecule has 0 aliphatic carbocycles. The predicted octanol–water partition coefficient (Wildman–Crippen LogP) is 5.84. The Balaban J connectivity index is 1.45. The van der Waals surface area contributed by atoms with E-state index in [2.05, 4.69) is 14.8 Å². The Kier molecular flexibility index (Phi) is 5.16. The number of para-hydroxylation sites is 3. The van der Waals surface area contributed by atoms with Gasteiger partial charge in [-0.2, -0.15) is 0 Å². The quantitative estimate of drug-likeness (QED) is 0.185. The van der Waals surface area contributed by atoms with E-state index in [1.54, 1.807) is 12.1 Å². The number of hydrogen-bond donors (Lipinski definition) is 0. The maximum atomic E-state index is 10.9.